The van der Waals surface area contributed by atoms with Gasteiger partial charge in [0.2, 0.25) is 0 Å². The Morgan fingerprint density at radius 1 is 1.38 bits per heavy atom. The van der Waals surface area contributed by atoms with Gasteiger partial charge in [-0.25, -0.2) is 0 Å². The van der Waals surface area contributed by atoms with E-state index in [1.165, 1.54) is 19.0 Å². The Bertz CT molecular complexity index is 168. The summed E-state index contributed by atoms with van der Waals surface area (Å²) in [4.78, 5) is 0. The lowest BCUT2D eigenvalue weighted by Crippen LogP contribution is -1.99. The molecule has 42 valence electrons. The Balaban J connectivity index is 3.08. The van der Waals surface area contributed by atoms with Crippen LogP contribution in [0.25, 0.3) is 0 Å². The molecule has 0 saturated heterocycles. The zero-order valence-electron chi connectivity index (χ0n) is 4.69. The second-order valence-corrected chi connectivity index (χ2v) is 4.20. The van der Waals surface area contributed by atoms with Gasteiger partial charge in [0.1, 0.15) is 0 Å². The van der Waals surface area contributed by atoms with E-state index in [1.54, 1.807) is 0 Å². The van der Waals surface area contributed by atoms with Crippen LogP contribution >= 0.6 is 22.6 Å². The van der Waals surface area contributed by atoms with Crippen molar-refractivity contribution in [2.45, 2.75) is 0 Å². The van der Waals surface area contributed by atoms with Crippen molar-refractivity contribution in [3.8, 4) is 0 Å². The minimum absolute atomic E-state index is 1.17. The third-order valence-corrected chi connectivity index (χ3v) is 2.27. The molecule has 0 unspecified atom stereocenters. The molecule has 0 atom stereocenters. The van der Waals surface area contributed by atoms with Crippen molar-refractivity contribution in [1.82, 2.24) is 0 Å². The lowest BCUT2D eigenvalue weighted by atomic mass is 10.4. The van der Waals surface area contributed by atoms with Gasteiger partial charge < -0.3 is 0 Å². The Hall–Kier alpha value is 0.167. The third-order valence-electron chi connectivity index (χ3n) is 0.980. The maximum atomic E-state index is 2.33. The fraction of sp³-hybridized carbons (Fsp3) is 0. The number of hydrogen-bond acceptors (Lipinski definition) is 0. The van der Waals surface area contributed by atoms with Crippen LogP contribution < -0.4 is 5.19 Å². The summed E-state index contributed by atoms with van der Waals surface area (Å²) in [5, 5.41) is 1.47. The first-order chi connectivity index (χ1) is 3.79. The summed E-state index contributed by atoms with van der Waals surface area (Å²) in [7, 11) is 1.17. The summed E-state index contributed by atoms with van der Waals surface area (Å²) in [6.45, 7) is 0. The van der Waals surface area contributed by atoms with Gasteiger partial charge in [-0.3, -0.25) is 0 Å². The first kappa shape index (κ1) is 6.29. The molecule has 1 aromatic rings. The van der Waals surface area contributed by atoms with Crippen LogP contribution in [0.15, 0.2) is 24.3 Å². The van der Waals surface area contributed by atoms with Crippen LogP contribution in [-0.2, 0) is 0 Å². The summed E-state index contributed by atoms with van der Waals surface area (Å²) in [5.74, 6) is 0. The highest BCUT2D eigenvalue weighted by Crippen LogP contribution is 1.98. The molecule has 0 aliphatic carbocycles. The van der Waals surface area contributed by atoms with E-state index >= 15 is 0 Å². The molecule has 1 aromatic carbocycles. The van der Waals surface area contributed by atoms with Crippen LogP contribution in [0.3, 0.4) is 0 Å². The van der Waals surface area contributed by atoms with E-state index in [-0.39, 0.29) is 0 Å². The maximum absolute atomic E-state index is 2.33. The van der Waals surface area contributed by atoms with E-state index in [1.807, 2.05) is 0 Å². The molecule has 0 saturated carbocycles. The van der Waals surface area contributed by atoms with Gasteiger partial charge in [-0.1, -0.05) is 23.4 Å². The number of benzene rings is 1. The lowest BCUT2D eigenvalue weighted by molar-refractivity contribution is 1.70. The van der Waals surface area contributed by atoms with E-state index < -0.39 is 0 Å². The molecule has 8 heavy (non-hydrogen) atoms. The lowest BCUT2D eigenvalue weighted by Gasteiger charge is -1.89. The molecule has 0 heterocycles. The van der Waals surface area contributed by atoms with E-state index in [0.717, 1.165) is 0 Å². The first-order valence-corrected chi connectivity index (χ1v) is 4.59. The smallest absolute Gasteiger partial charge is 0.0385 e. The van der Waals surface area contributed by atoms with Gasteiger partial charge in [0.05, 0.1) is 0 Å². The fourth-order valence-corrected chi connectivity index (χ4v) is 2.40. The molecule has 0 aliphatic heterocycles. The molecule has 0 N–H and O–H groups in total. The second-order valence-electron chi connectivity index (χ2n) is 1.80. The van der Waals surface area contributed by atoms with Gasteiger partial charge in [0.15, 0.2) is 0 Å². The predicted molar refractivity (Wildman–Crippen MR) is 48.7 cm³/mol. The van der Waals surface area contributed by atoms with E-state index in [9.17, 15) is 0 Å². The number of hydrogen-bond donors (Lipinski definition) is 0. The summed E-state index contributed by atoms with van der Waals surface area (Å²) in [5.41, 5.74) is 0. The molecule has 0 nitrogen and oxygen atoms in total. The standard InChI is InChI=1S/C6H7ISi/c7-5-2-1-3-6(8)4-5/h1-4H,8H3. The van der Waals surface area contributed by atoms with Gasteiger partial charge in [-0.2, -0.15) is 0 Å². The minimum atomic E-state index is 1.17. The van der Waals surface area contributed by atoms with Crippen LogP contribution in [0.4, 0.5) is 0 Å². The highest BCUT2D eigenvalue weighted by molar-refractivity contribution is 14.1. The van der Waals surface area contributed by atoms with Crippen LogP contribution in [0.5, 0.6) is 0 Å². The monoisotopic (exact) mass is 234 g/mol. The summed E-state index contributed by atoms with van der Waals surface area (Å²) in [6, 6.07) is 8.59. The molecule has 0 radical (unpaired) electrons. The third kappa shape index (κ3) is 1.59. The summed E-state index contributed by atoms with van der Waals surface area (Å²) in [6.07, 6.45) is 0. The van der Waals surface area contributed by atoms with Crippen LogP contribution in [0, 0.1) is 3.57 Å². The van der Waals surface area contributed by atoms with Crippen molar-refractivity contribution < 1.29 is 0 Å². The highest BCUT2D eigenvalue weighted by Gasteiger charge is 1.82. The van der Waals surface area contributed by atoms with Gasteiger partial charge in [-0.15, -0.1) is 0 Å². The highest BCUT2D eigenvalue weighted by atomic mass is 127. The first-order valence-electron chi connectivity index (χ1n) is 2.51. The van der Waals surface area contributed by atoms with Crippen molar-refractivity contribution in [3.05, 3.63) is 27.8 Å². The Kier molecular flexibility index (Phi) is 2.07. The Morgan fingerprint density at radius 3 is 2.50 bits per heavy atom. The van der Waals surface area contributed by atoms with E-state index in [0.29, 0.717) is 0 Å². The summed E-state index contributed by atoms with van der Waals surface area (Å²) < 4.78 is 1.34. The minimum Gasteiger partial charge on any atom is -0.0697 e. The van der Waals surface area contributed by atoms with Crippen LogP contribution in [0.2, 0.25) is 0 Å². The van der Waals surface area contributed by atoms with Gasteiger partial charge >= 0.3 is 0 Å². The molecule has 2 heteroatoms. The molecular weight excluding hydrogens is 227 g/mol. The summed E-state index contributed by atoms with van der Waals surface area (Å²) >= 11 is 2.33. The molecule has 0 spiro atoms. The van der Waals surface area contributed by atoms with Crippen molar-refractivity contribution >= 4 is 38.0 Å². The normalized spacial score (nSPS) is 9.62. The van der Waals surface area contributed by atoms with Crippen molar-refractivity contribution in [2.24, 2.45) is 0 Å². The van der Waals surface area contributed by atoms with Gasteiger partial charge in [-0.05, 0) is 28.7 Å². The molecular formula is C6H7ISi. The zero-order valence-corrected chi connectivity index (χ0v) is 8.84. The Labute approximate surface area is 65.9 Å². The molecule has 0 bridgehead atoms. The van der Waals surface area contributed by atoms with Crippen molar-refractivity contribution in [1.29, 1.82) is 0 Å². The van der Waals surface area contributed by atoms with Gasteiger partial charge in [0.25, 0.3) is 0 Å². The van der Waals surface area contributed by atoms with Crippen LogP contribution in [-0.4, -0.2) is 10.2 Å². The van der Waals surface area contributed by atoms with Crippen molar-refractivity contribution in [2.75, 3.05) is 0 Å². The molecule has 0 amide bonds. The van der Waals surface area contributed by atoms with Crippen molar-refractivity contribution in [3.63, 3.8) is 0 Å². The van der Waals surface area contributed by atoms with E-state index in [2.05, 4.69) is 46.9 Å². The maximum Gasteiger partial charge on any atom is 0.0385 e. The van der Waals surface area contributed by atoms with Crippen LogP contribution in [0.1, 0.15) is 0 Å². The second kappa shape index (κ2) is 2.64. The Morgan fingerprint density at radius 2 is 2.12 bits per heavy atom. The largest absolute Gasteiger partial charge is 0.0697 e. The fourth-order valence-electron chi connectivity index (χ4n) is 0.606. The average molecular weight is 234 g/mol. The molecule has 0 aliphatic rings. The van der Waals surface area contributed by atoms with E-state index in [4.69, 9.17) is 0 Å². The molecule has 0 aromatic heterocycles. The average Bonchev–Trinajstić information content (AvgIpc) is 1.64. The van der Waals surface area contributed by atoms with Gasteiger partial charge in [0, 0.05) is 13.8 Å². The number of halogens is 1. The SMILES string of the molecule is [SiH3]c1cccc(I)c1. The molecule has 1 rings (SSSR count). The molecule has 0 fully saturated rings. The zero-order chi connectivity index (χ0) is 5.98. The number of rotatable bonds is 0. The quantitative estimate of drug-likeness (QED) is 0.447. The topological polar surface area (TPSA) is 0 Å². The predicted octanol–water partition coefficient (Wildman–Crippen LogP) is 0.282.